The summed E-state index contributed by atoms with van der Waals surface area (Å²) < 4.78 is 4.96. The first-order valence-corrected chi connectivity index (χ1v) is 6.67. The van der Waals surface area contributed by atoms with Crippen LogP contribution in [0.2, 0.25) is 0 Å². The van der Waals surface area contributed by atoms with E-state index in [1.165, 1.54) is 0 Å². The van der Waals surface area contributed by atoms with Crippen LogP contribution in [0.15, 0.2) is 23.2 Å². The standard InChI is InChI=1S/C14H17ClN2O2/c1-4-19-13(18)8-17-10(3)11-7-9(2)5-6-12(11)16-14(17)15/h5-7,10H,4,8H2,1-3H3. The van der Waals surface area contributed by atoms with Gasteiger partial charge in [0.15, 0.2) is 5.29 Å². The first-order chi connectivity index (χ1) is 9.02. The third kappa shape index (κ3) is 2.89. The maximum absolute atomic E-state index is 11.6. The minimum atomic E-state index is -0.293. The van der Waals surface area contributed by atoms with Gasteiger partial charge in [-0.2, -0.15) is 0 Å². The summed E-state index contributed by atoms with van der Waals surface area (Å²) in [5, 5.41) is 0.330. The van der Waals surface area contributed by atoms with Crippen LogP contribution in [-0.4, -0.2) is 29.3 Å². The number of benzene rings is 1. The van der Waals surface area contributed by atoms with Crippen molar-refractivity contribution >= 4 is 28.6 Å². The van der Waals surface area contributed by atoms with Gasteiger partial charge in [-0.05, 0) is 38.4 Å². The van der Waals surface area contributed by atoms with E-state index in [1.54, 1.807) is 11.8 Å². The molecule has 0 N–H and O–H groups in total. The summed E-state index contributed by atoms with van der Waals surface area (Å²) >= 11 is 6.16. The van der Waals surface area contributed by atoms with E-state index < -0.39 is 0 Å². The molecule has 19 heavy (non-hydrogen) atoms. The molecule has 1 aromatic carbocycles. The van der Waals surface area contributed by atoms with Gasteiger partial charge >= 0.3 is 5.97 Å². The number of halogens is 1. The summed E-state index contributed by atoms with van der Waals surface area (Å²) in [4.78, 5) is 17.7. The number of carbonyl (C=O) groups excluding carboxylic acids is 1. The van der Waals surface area contributed by atoms with Crippen molar-refractivity contribution in [2.45, 2.75) is 26.8 Å². The molecule has 1 aliphatic heterocycles. The highest BCUT2D eigenvalue weighted by Crippen LogP contribution is 2.35. The van der Waals surface area contributed by atoms with Gasteiger partial charge in [0, 0.05) is 5.56 Å². The Morgan fingerprint density at radius 1 is 1.53 bits per heavy atom. The number of ether oxygens (including phenoxy) is 1. The van der Waals surface area contributed by atoms with Crippen LogP contribution in [0, 0.1) is 6.92 Å². The SMILES string of the molecule is CCOC(=O)CN1C(Cl)=Nc2ccc(C)cc2C1C. The molecule has 0 aromatic heterocycles. The van der Waals surface area contributed by atoms with Gasteiger partial charge in [0.25, 0.3) is 0 Å². The minimum Gasteiger partial charge on any atom is -0.465 e. The van der Waals surface area contributed by atoms with Crippen molar-refractivity contribution in [3.8, 4) is 0 Å². The van der Waals surface area contributed by atoms with Crippen LogP contribution in [-0.2, 0) is 9.53 Å². The van der Waals surface area contributed by atoms with Crippen LogP contribution >= 0.6 is 11.6 Å². The van der Waals surface area contributed by atoms with E-state index in [0.29, 0.717) is 11.9 Å². The van der Waals surface area contributed by atoms with Gasteiger partial charge in [0.1, 0.15) is 6.54 Å². The minimum absolute atomic E-state index is 0.00399. The fourth-order valence-corrected chi connectivity index (χ4v) is 2.45. The second-order valence-corrected chi connectivity index (χ2v) is 4.89. The van der Waals surface area contributed by atoms with Crippen LogP contribution in [0.3, 0.4) is 0 Å². The molecule has 5 heteroatoms. The lowest BCUT2D eigenvalue weighted by Gasteiger charge is -2.33. The van der Waals surface area contributed by atoms with Crippen LogP contribution in [0.1, 0.15) is 31.0 Å². The molecule has 0 radical (unpaired) electrons. The molecule has 0 spiro atoms. The van der Waals surface area contributed by atoms with Gasteiger partial charge in [-0.1, -0.05) is 17.7 Å². The third-order valence-corrected chi connectivity index (χ3v) is 3.46. The van der Waals surface area contributed by atoms with Crippen molar-refractivity contribution in [2.75, 3.05) is 13.2 Å². The Morgan fingerprint density at radius 2 is 2.26 bits per heavy atom. The van der Waals surface area contributed by atoms with Crippen LogP contribution < -0.4 is 0 Å². The van der Waals surface area contributed by atoms with Crippen molar-refractivity contribution in [3.63, 3.8) is 0 Å². The molecular weight excluding hydrogens is 264 g/mol. The van der Waals surface area contributed by atoms with Gasteiger partial charge in [-0.15, -0.1) is 0 Å². The van der Waals surface area contributed by atoms with E-state index in [1.807, 2.05) is 26.0 Å². The molecule has 0 aliphatic carbocycles. The van der Waals surface area contributed by atoms with Crippen molar-refractivity contribution < 1.29 is 9.53 Å². The van der Waals surface area contributed by atoms with E-state index in [2.05, 4.69) is 11.1 Å². The molecule has 102 valence electrons. The Bertz CT molecular complexity index is 528. The summed E-state index contributed by atoms with van der Waals surface area (Å²) in [6.45, 7) is 6.30. The molecule has 1 heterocycles. The molecule has 0 saturated carbocycles. The zero-order valence-electron chi connectivity index (χ0n) is 11.3. The molecule has 0 bridgehead atoms. The lowest BCUT2D eigenvalue weighted by molar-refractivity contribution is -0.143. The van der Waals surface area contributed by atoms with E-state index in [4.69, 9.17) is 16.3 Å². The number of hydrogen-bond acceptors (Lipinski definition) is 4. The first-order valence-electron chi connectivity index (χ1n) is 6.30. The highest BCUT2D eigenvalue weighted by molar-refractivity contribution is 6.65. The van der Waals surface area contributed by atoms with Crippen LogP contribution in [0.4, 0.5) is 5.69 Å². The number of carbonyl (C=O) groups is 1. The predicted octanol–water partition coefficient (Wildman–Crippen LogP) is 3.16. The van der Waals surface area contributed by atoms with Gasteiger partial charge < -0.3 is 9.64 Å². The predicted molar refractivity (Wildman–Crippen MR) is 75.9 cm³/mol. The number of rotatable bonds is 3. The Morgan fingerprint density at radius 3 is 2.95 bits per heavy atom. The van der Waals surface area contributed by atoms with E-state index in [9.17, 15) is 4.79 Å². The maximum atomic E-state index is 11.6. The molecule has 4 nitrogen and oxygen atoms in total. The summed E-state index contributed by atoms with van der Waals surface area (Å²) in [6.07, 6.45) is 0. The second-order valence-electron chi connectivity index (χ2n) is 4.55. The molecule has 2 rings (SSSR count). The lowest BCUT2D eigenvalue weighted by Crippen LogP contribution is -2.37. The van der Waals surface area contributed by atoms with Crippen molar-refractivity contribution in [1.29, 1.82) is 0 Å². The molecular formula is C14H17ClN2O2. The Kier molecular flexibility index (Phi) is 4.10. The maximum Gasteiger partial charge on any atom is 0.325 e. The number of esters is 1. The third-order valence-electron chi connectivity index (χ3n) is 3.16. The van der Waals surface area contributed by atoms with E-state index >= 15 is 0 Å². The zero-order chi connectivity index (χ0) is 14.0. The van der Waals surface area contributed by atoms with E-state index in [0.717, 1.165) is 16.8 Å². The van der Waals surface area contributed by atoms with Gasteiger partial charge in [-0.3, -0.25) is 4.79 Å². The fourth-order valence-electron chi connectivity index (χ4n) is 2.15. The quantitative estimate of drug-likeness (QED) is 0.631. The average Bonchev–Trinajstić information content (AvgIpc) is 2.36. The number of fused-ring (bicyclic) bond motifs is 1. The van der Waals surface area contributed by atoms with Crippen molar-refractivity contribution in [1.82, 2.24) is 4.90 Å². The number of aliphatic imine (C=N–C) groups is 1. The summed E-state index contributed by atoms with van der Waals surface area (Å²) in [5.74, 6) is -0.293. The molecule has 0 amide bonds. The summed E-state index contributed by atoms with van der Waals surface area (Å²) in [7, 11) is 0. The van der Waals surface area contributed by atoms with Crippen molar-refractivity contribution in [3.05, 3.63) is 29.3 Å². The molecule has 1 unspecified atom stereocenters. The first kappa shape index (κ1) is 13.9. The second kappa shape index (κ2) is 5.61. The van der Waals surface area contributed by atoms with Crippen LogP contribution in [0.25, 0.3) is 0 Å². The average molecular weight is 281 g/mol. The molecule has 0 fully saturated rings. The smallest absolute Gasteiger partial charge is 0.325 e. The summed E-state index contributed by atoms with van der Waals surface area (Å²) in [5.41, 5.74) is 3.10. The van der Waals surface area contributed by atoms with Crippen LogP contribution in [0.5, 0.6) is 0 Å². The largest absolute Gasteiger partial charge is 0.465 e. The number of aryl methyl sites for hydroxylation is 1. The van der Waals surface area contributed by atoms with Gasteiger partial charge in [-0.25, -0.2) is 4.99 Å². The Balaban J connectivity index is 2.27. The van der Waals surface area contributed by atoms with Gasteiger partial charge in [0.2, 0.25) is 0 Å². The Hall–Kier alpha value is -1.55. The normalized spacial score (nSPS) is 17.8. The van der Waals surface area contributed by atoms with Gasteiger partial charge in [0.05, 0.1) is 18.3 Å². The molecule has 1 atom stereocenters. The summed E-state index contributed by atoms with van der Waals surface area (Å²) in [6, 6.07) is 6.03. The van der Waals surface area contributed by atoms with E-state index in [-0.39, 0.29) is 18.6 Å². The highest BCUT2D eigenvalue weighted by atomic mass is 35.5. The van der Waals surface area contributed by atoms with Crippen molar-refractivity contribution in [2.24, 2.45) is 4.99 Å². The number of nitrogens with zero attached hydrogens (tertiary/aromatic N) is 2. The molecule has 1 aromatic rings. The topological polar surface area (TPSA) is 41.9 Å². The lowest BCUT2D eigenvalue weighted by atomic mass is 10.0. The number of amidine groups is 1. The zero-order valence-corrected chi connectivity index (χ0v) is 12.1. The number of hydrogen-bond donors (Lipinski definition) is 0. The highest BCUT2D eigenvalue weighted by Gasteiger charge is 2.27. The molecule has 0 saturated heterocycles. The Labute approximate surface area is 118 Å². The fraction of sp³-hybridized carbons (Fsp3) is 0.429. The monoisotopic (exact) mass is 280 g/mol. The molecule has 1 aliphatic rings.